The number of hydrogen-bond donors (Lipinski definition) is 1. The van der Waals surface area contributed by atoms with E-state index in [0.29, 0.717) is 22.9 Å². The van der Waals surface area contributed by atoms with Crippen LogP contribution in [0.4, 0.5) is 5.82 Å². The zero-order valence-electron chi connectivity index (χ0n) is 11.7. The molecule has 0 bridgehead atoms. The van der Waals surface area contributed by atoms with Gasteiger partial charge in [-0.3, -0.25) is 9.48 Å². The molecule has 0 atom stereocenters. The van der Waals surface area contributed by atoms with Crippen LogP contribution in [0.15, 0.2) is 66.9 Å². The van der Waals surface area contributed by atoms with Crippen molar-refractivity contribution in [3.63, 3.8) is 0 Å². The molecule has 3 aromatic rings. The number of halogens is 1. The van der Waals surface area contributed by atoms with E-state index in [1.165, 1.54) is 0 Å². The number of benzene rings is 2. The summed E-state index contributed by atoms with van der Waals surface area (Å²) in [6.45, 7) is 0.656. The normalized spacial score (nSPS) is 10.4. The Kier molecular flexibility index (Phi) is 4.21. The summed E-state index contributed by atoms with van der Waals surface area (Å²) in [6, 6.07) is 18.7. The summed E-state index contributed by atoms with van der Waals surface area (Å²) in [5.74, 6) is 0.233. The van der Waals surface area contributed by atoms with Crippen molar-refractivity contribution in [1.29, 1.82) is 0 Å². The molecule has 0 aliphatic heterocycles. The molecule has 0 unspecified atom stereocenters. The van der Waals surface area contributed by atoms with Crippen LogP contribution in [0.3, 0.4) is 0 Å². The van der Waals surface area contributed by atoms with Crippen LogP contribution in [0.2, 0.25) is 5.02 Å². The fourth-order valence-electron chi connectivity index (χ4n) is 2.12. The number of aromatic nitrogens is 2. The van der Waals surface area contributed by atoms with Gasteiger partial charge in [-0.05, 0) is 17.7 Å². The highest BCUT2D eigenvalue weighted by molar-refractivity contribution is 6.34. The first-order valence-electron chi connectivity index (χ1n) is 6.85. The first kappa shape index (κ1) is 14.4. The molecule has 3 rings (SSSR count). The second kappa shape index (κ2) is 6.45. The fraction of sp³-hybridized carbons (Fsp3) is 0.0588. The molecule has 0 fully saturated rings. The number of rotatable bonds is 4. The average Bonchev–Trinajstić information content (AvgIpc) is 2.95. The van der Waals surface area contributed by atoms with Gasteiger partial charge in [0.05, 0.1) is 17.1 Å². The third-order valence-electron chi connectivity index (χ3n) is 3.19. The van der Waals surface area contributed by atoms with E-state index < -0.39 is 0 Å². The molecule has 1 N–H and O–H groups in total. The lowest BCUT2D eigenvalue weighted by Crippen LogP contribution is -2.13. The topological polar surface area (TPSA) is 46.9 Å². The van der Waals surface area contributed by atoms with Crippen LogP contribution < -0.4 is 5.32 Å². The van der Waals surface area contributed by atoms with Crippen LogP contribution in [0.25, 0.3) is 0 Å². The third-order valence-corrected chi connectivity index (χ3v) is 3.52. The number of nitrogens with one attached hydrogen (secondary N) is 1. The fourth-order valence-corrected chi connectivity index (χ4v) is 2.34. The first-order valence-corrected chi connectivity index (χ1v) is 7.23. The Morgan fingerprint density at radius 3 is 2.55 bits per heavy atom. The summed E-state index contributed by atoms with van der Waals surface area (Å²) in [7, 11) is 0. The highest BCUT2D eigenvalue weighted by Crippen LogP contribution is 2.16. The summed E-state index contributed by atoms with van der Waals surface area (Å²) in [4.78, 5) is 12.2. The van der Waals surface area contributed by atoms with Gasteiger partial charge in [-0.1, -0.05) is 54.1 Å². The molecule has 1 aromatic heterocycles. The summed E-state index contributed by atoms with van der Waals surface area (Å²) in [5, 5.41) is 7.51. The number of carbonyl (C=O) groups is 1. The molecule has 0 radical (unpaired) electrons. The van der Waals surface area contributed by atoms with Gasteiger partial charge in [0.2, 0.25) is 0 Å². The van der Waals surface area contributed by atoms with E-state index in [4.69, 9.17) is 11.6 Å². The molecule has 1 amide bonds. The van der Waals surface area contributed by atoms with Crippen molar-refractivity contribution in [2.45, 2.75) is 6.54 Å². The summed E-state index contributed by atoms with van der Waals surface area (Å²) in [6.07, 6.45) is 1.83. The van der Waals surface area contributed by atoms with E-state index in [-0.39, 0.29) is 5.91 Å². The van der Waals surface area contributed by atoms with Gasteiger partial charge in [0.25, 0.3) is 5.91 Å². The van der Waals surface area contributed by atoms with Crippen molar-refractivity contribution < 1.29 is 4.79 Å². The molecule has 110 valence electrons. The van der Waals surface area contributed by atoms with Crippen LogP contribution in [0, 0.1) is 0 Å². The van der Waals surface area contributed by atoms with Gasteiger partial charge >= 0.3 is 0 Å². The molecule has 0 spiro atoms. The Balaban J connectivity index is 1.69. The minimum atomic E-state index is -0.268. The van der Waals surface area contributed by atoms with Crippen LogP contribution in [-0.2, 0) is 6.54 Å². The van der Waals surface area contributed by atoms with Gasteiger partial charge in [0.15, 0.2) is 5.82 Å². The monoisotopic (exact) mass is 311 g/mol. The Morgan fingerprint density at radius 2 is 1.77 bits per heavy atom. The van der Waals surface area contributed by atoms with Gasteiger partial charge in [0, 0.05) is 12.3 Å². The van der Waals surface area contributed by atoms with E-state index in [9.17, 15) is 4.79 Å². The maximum atomic E-state index is 12.2. The van der Waals surface area contributed by atoms with E-state index >= 15 is 0 Å². The molecule has 0 saturated heterocycles. The van der Waals surface area contributed by atoms with E-state index in [1.54, 1.807) is 35.0 Å². The predicted molar refractivity (Wildman–Crippen MR) is 87.2 cm³/mol. The molecule has 4 nitrogen and oxygen atoms in total. The van der Waals surface area contributed by atoms with Crippen molar-refractivity contribution in [2.75, 3.05) is 5.32 Å². The Hall–Kier alpha value is -2.59. The zero-order chi connectivity index (χ0) is 15.4. The Labute approximate surface area is 133 Å². The lowest BCUT2D eigenvalue weighted by atomic mass is 10.2. The van der Waals surface area contributed by atoms with Crippen LogP contribution in [0.5, 0.6) is 0 Å². The maximum absolute atomic E-state index is 12.2. The highest BCUT2D eigenvalue weighted by Gasteiger charge is 2.11. The smallest absolute Gasteiger partial charge is 0.258 e. The number of carbonyl (C=O) groups excluding carboxylic acids is 1. The Morgan fingerprint density at radius 1 is 1.05 bits per heavy atom. The molecule has 1 heterocycles. The van der Waals surface area contributed by atoms with Gasteiger partial charge in [0.1, 0.15) is 0 Å². The van der Waals surface area contributed by atoms with Gasteiger partial charge < -0.3 is 5.32 Å². The van der Waals surface area contributed by atoms with Crippen molar-refractivity contribution >= 4 is 23.3 Å². The van der Waals surface area contributed by atoms with Gasteiger partial charge in [-0.25, -0.2) is 0 Å². The van der Waals surface area contributed by atoms with Crippen molar-refractivity contribution in [2.24, 2.45) is 0 Å². The number of anilines is 1. The van der Waals surface area contributed by atoms with Crippen molar-refractivity contribution in [3.8, 4) is 0 Å². The largest absolute Gasteiger partial charge is 0.305 e. The van der Waals surface area contributed by atoms with Crippen molar-refractivity contribution in [3.05, 3.63) is 83.0 Å². The standard InChI is InChI=1S/C17H14ClN3O/c18-15-9-5-4-8-14(15)17(22)19-16-10-11-21(20-16)12-13-6-2-1-3-7-13/h1-11H,12H2,(H,19,20,22). The predicted octanol–water partition coefficient (Wildman–Crippen LogP) is 3.84. The van der Waals surface area contributed by atoms with Crippen LogP contribution in [0.1, 0.15) is 15.9 Å². The lowest BCUT2D eigenvalue weighted by molar-refractivity contribution is 0.102. The summed E-state index contributed by atoms with van der Waals surface area (Å²) >= 11 is 6.01. The minimum Gasteiger partial charge on any atom is -0.305 e. The number of amides is 1. The van der Waals surface area contributed by atoms with E-state index in [2.05, 4.69) is 10.4 Å². The Bertz CT molecular complexity index is 783. The molecule has 2 aromatic carbocycles. The second-order valence-corrected chi connectivity index (χ2v) is 5.23. The first-order chi connectivity index (χ1) is 10.7. The summed E-state index contributed by atoms with van der Waals surface area (Å²) in [5.41, 5.74) is 1.58. The molecular formula is C17H14ClN3O. The number of hydrogen-bond acceptors (Lipinski definition) is 2. The lowest BCUT2D eigenvalue weighted by Gasteiger charge is -2.04. The quantitative estimate of drug-likeness (QED) is 0.796. The molecule has 0 aliphatic rings. The maximum Gasteiger partial charge on any atom is 0.258 e. The molecule has 0 aliphatic carbocycles. The van der Waals surface area contributed by atoms with E-state index in [1.807, 2.05) is 36.5 Å². The second-order valence-electron chi connectivity index (χ2n) is 4.82. The SMILES string of the molecule is O=C(Nc1ccn(Cc2ccccc2)n1)c1ccccc1Cl. The zero-order valence-corrected chi connectivity index (χ0v) is 12.5. The van der Waals surface area contributed by atoms with E-state index in [0.717, 1.165) is 5.56 Å². The molecule has 0 saturated carbocycles. The third kappa shape index (κ3) is 3.35. The van der Waals surface area contributed by atoms with Gasteiger partial charge in [-0.15, -0.1) is 0 Å². The van der Waals surface area contributed by atoms with Crippen molar-refractivity contribution in [1.82, 2.24) is 9.78 Å². The molecule has 22 heavy (non-hydrogen) atoms. The number of nitrogens with zero attached hydrogens (tertiary/aromatic N) is 2. The highest BCUT2D eigenvalue weighted by atomic mass is 35.5. The summed E-state index contributed by atoms with van der Waals surface area (Å²) < 4.78 is 1.78. The molecular weight excluding hydrogens is 298 g/mol. The van der Waals surface area contributed by atoms with Gasteiger partial charge in [-0.2, -0.15) is 5.10 Å². The van der Waals surface area contributed by atoms with Crippen LogP contribution in [-0.4, -0.2) is 15.7 Å². The average molecular weight is 312 g/mol. The molecule has 5 heteroatoms. The minimum absolute atomic E-state index is 0.268. The van der Waals surface area contributed by atoms with Crippen LogP contribution >= 0.6 is 11.6 Å².